The van der Waals surface area contributed by atoms with Crippen LogP contribution in [0.15, 0.2) is 31.0 Å². The monoisotopic (exact) mass is 242 g/mol. The quantitative estimate of drug-likeness (QED) is 0.896. The van der Waals surface area contributed by atoms with Gasteiger partial charge in [-0.05, 0) is 43.5 Å². The molecule has 0 spiro atoms. The van der Waals surface area contributed by atoms with Crippen molar-refractivity contribution in [3.8, 4) is 0 Å². The molecule has 18 heavy (non-hydrogen) atoms. The van der Waals surface area contributed by atoms with Crippen LogP contribution in [0.3, 0.4) is 0 Å². The van der Waals surface area contributed by atoms with E-state index in [0.29, 0.717) is 6.04 Å². The molecule has 4 heteroatoms. The minimum atomic E-state index is 0.462. The maximum absolute atomic E-state index is 4.30. The van der Waals surface area contributed by atoms with Crippen molar-refractivity contribution < 1.29 is 0 Å². The largest absolute Gasteiger partial charge is 0.329 e. The first kappa shape index (κ1) is 11.4. The minimum Gasteiger partial charge on any atom is -0.329 e. The molecule has 1 fully saturated rings. The Morgan fingerprint density at radius 3 is 3.11 bits per heavy atom. The fourth-order valence-corrected chi connectivity index (χ4v) is 2.54. The van der Waals surface area contributed by atoms with Crippen LogP contribution in [0.25, 0.3) is 0 Å². The lowest BCUT2D eigenvalue weighted by Gasteiger charge is -2.14. The van der Waals surface area contributed by atoms with Gasteiger partial charge in [0.2, 0.25) is 0 Å². The molecular formula is C14H18N4. The Balaban J connectivity index is 1.85. The molecule has 0 amide bonds. The van der Waals surface area contributed by atoms with Gasteiger partial charge in [-0.15, -0.1) is 0 Å². The second kappa shape index (κ2) is 4.90. The van der Waals surface area contributed by atoms with Crippen molar-refractivity contribution in [2.24, 2.45) is 0 Å². The number of aryl methyl sites for hydroxylation is 1. The van der Waals surface area contributed by atoms with E-state index in [-0.39, 0.29) is 0 Å². The molecule has 3 heterocycles. The third-order valence-corrected chi connectivity index (χ3v) is 3.65. The Hall–Kier alpha value is -1.68. The number of rotatable bonds is 3. The number of hydrogen-bond donors (Lipinski definition) is 1. The van der Waals surface area contributed by atoms with Crippen molar-refractivity contribution >= 4 is 0 Å². The van der Waals surface area contributed by atoms with Gasteiger partial charge in [0, 0.05) is 24.6 Å². The Morgan fingerprint density at radius 2 is 2.33 bits per heavy atom. The summed E-state index contributed by atoms with van der Waals surface area (Å²) in [6.45, 7) is 4.09. The van der Waals surface area contributed by atoms with Crippen LogP contribution in [0.4, 0.5) is 0 Å². The van der Waals surface area contributed by atoms with Crippen LogP contribution in [-0.2, 0) is 6.54 Å². The van der Waals surface area contributed by atoms with Gasteiger partial charge in [-0.3, -0.25) is 4.98 Å². The van der Waals surface area contributed by atoms with E-state index in [1.54, 1.807) is 0 Å². The van der Waals surface area contributed by atoms with Crippen LogP contribution in [0.5, 0.6) is 0 Å². The molecule has 0 saturated carbocycles. The zero-order valence-electron chi connectivity index (χ0n) is 10.6. The lowest BCUT2D eigenvalue weighted by atomic mass is 10.1. The van der Waals surface area contributed by atoms with E-state index in [2.05, 4.69) is 32.8 Å². The van der Waals surface area contributed by atoms with Crippen LogP contribution >= 0.6 is 0 Å². The summed E-state index contributed by atoms with van der Waals surface area (Å²) in [5.41, 5.74) is 3.83. The highest BCUT2D eigenvalue weighted by atomic mass is 15.1. The first-order valence-corrected chi connectivity index (χ1v) is 6.47. The summed E-state index contributed by atoms with van der Waals surface area (Å²) in [6, 6.07) is 2.52. The van der Waals surface area contributed by atoms with E-state index in [1.165, 1.54) is 29.7 Å². The minimum absolute atomic E-state index is 0.462. The van der Waals surface area contributed by atoms with Gasteiger partial charge in [-0.1, -0.05) is 0 Å². The van der Waals surface area contributed by atoms with Gasteiger partial charge >= 0.3 is 0 Å². The molecule has 3 rings (SSSR count). The average molecular weight is 242 g/mol. The predicted octanol–water partition coefficient (Wildman–Crippen LogP) is 2.06. The van der Waals surface area contributed by atoms with Gasteiger partial charge in [0.05, 0.1) is 18.6 Å². The van der Waals surface area contributed by atoms with Gasteiger partial charge in [0.1, 0.15) is 0 Å². The molecule has 0 unspecified atom stereocenters. The number of aromatic nitrogens is 3. The molecule has 4 nitrogen and oxygen atoms in total. The first-order valence-electron chi connectivity index (χ1n) is 6.47. The maximum Gasteiger partial charge on any atom is 0.0951 e. The van der Waals surface area contributed by atoms with Crippen molar-refractivity contribution in [3.63, 3.8) is 0 Å². The molecule has 1 atom stereocenters. The summed E-state index contributed by atoms with van der Waals surface area (Å²) in [5.74, 6) is 0. The van der Waals surface area contributed by atoms with Crippen molar-refractivity contribution in [1.29, 1.82) is 0 Å². The number of pyridine rings is 1. The van der Waals surface area contributed by atoms with Crippen LogP contribution < -0.4 is 5.32 Å². The SMILES string of the molecule is Cc1ccncc1Cn1cncc1[C@@H]1CCCN1. The average Bonchev–Trinajstić information content (AvgIpc) is 3.02. The van der Waals surface area contributed by atoms with E-state index in [1.807, 2.05) is 24.9 Å². The summed E-state index contributed by atoms with van der Waals surface area (Å²) in [4.78, 5) is 8.50. The molecule has 1 N–H and O–H groups in total. The van der Waals surface area contributed by atoms with Crippen molar-refractivity contribution in [3.05, 3.63) is 47.8 Å². The first-order chi connectivity index (χ1) is 8.84. The van der Waals surface area contributed by atoms with Crippen LogP contribution in [0.2, 0.25) is 0 Å². The number of imidazole rings is 1. The van der Waals surface area contributed by atoms with Gasteiger partial charge in [-0.2, -0.15) is 0 Å². The molecule has 1 saturated heterocycles. The second-order valence-electron chi connectivity index (χ2n) is 4.90. The normalized spacial score (nSPS) is 19.3. The molecule has 0 aromatic carbocycles. The highest BCUT2D eigenvalue weighted by Crippen LogP contribution is 2.23. The Kier molecular flexibility index (Phi) is 3.11. The van der Waals surface area contributed by atoms with Gasteiger partial charge in [0.15, 0.2) is 0 Å². The predicted molar refractivity (Wildman–Crippen MR) is 70.3 cm³/mol. The molecule has 0 radical (unpaired) electrons. The highest BCUT2D eigenvalue weighted by Gasteiger charge is 2.19. The maximum atomic E-state index is 4.30. The lowest BCUT2D eigenvalue weighted by molar-refractivity contribution is 0.583. The molecule has 0 aliphatic carbocycles. The van der Waals surface area contributed by atoms with Gasteiger partial charge in [0.25, 0.3) is 0 Å². The molecule has 1 aliphatic rings. The highest BCUT2D eigenvalue weighted by molar-refractivity contribution is 5.22. The van der Waals surface area contributed by atoms with E-state index in [9.17, 15) is 0 Å². The summed E-state index contributed by atoms with van der Waals surface area (Å²) < 4.78 is 2.23. The lowest BCUT2D eigenvalue weighted by Crippen LogP contribution is -2.17. The van der Waals surface area contributed by atoms with Crippen molar-refractivity contribution in [2.75, 3.05) is 6.54 Å². The standard InChI is InChI=1S/C14H18N4/c1-11-4-6-15-7-12(11)9-18-10-16-8-14(18)13-3-2-5-17-13/h4,6-8,10,13,17H,2-3,5,9H2,1H3/t13-/m0/s1. The zero-order chi connectivity index (χ0) is 12.4. The molecule has 94 valence electrons. The smallest absolute Gasteiger partial charge is 0.0951 e. The Bertz CT molecular complexity index is 526. The Morgan fingerprint density at radius 1 is 1.39 bits per heavy atom. The summed E-state index contributed by atoms with van der Waals surface area (Å²) in [7, 11) is 0. The van der Waals surface area contributed by atoms with E-state index < -0.39 is 0 Å². The zero-order valence-corrected chi connectivity index (χ0v) is 10.6. The summed E-state index contributed by atoms with van der Waals surface area (Å²) in [6.07, 6.45) is 10.1. The summed E-state index contributed by atoms with van der Waals surface area (Å²) >= 11 is 0. The van der Waals surface area contributed by atoms with E-state index in [0.717, 1.165) is 13.1 Å². The number of nitrogens with one attached hydrogen (secondary N) is 1. The van der Waals surface area contributed by atoms with Gasteiger partial charge in [-0.25, -0.2) is 4.98 Å². The van der Waals surface area contributed by atoms with Crippen LogP contribution in [-0.4, -0.2) is 21.1 Å². The fourth-order valence-electron chi connectivity index (χ4n) is 2.54. The molecule has 2 aromatic heterocycles. The third-order valence-electron chi connectivity index (χ3n) is 3.65. The van der Waals surface area contributed by atoms with Crippen LogP contribution in [0.1, 0.15) is 35.7 Å². The van der Waals surface area contributed by atoms with E-state index in [4.69, 9.17) is 0 Å². The van der Waals surface area contributed by atoms with Gasteiger partial charge < -0.3 is 9.88 Å². The van der Waals surface area contributed by atoms with Crippen molar-refractivity contribution in [2.45, 2.75) is 32.4 Å². The topological polar surface area (TPSA) is 42.7 Å². The number of nitrogens with zero attached hydrogens (tertiary/aromatic N) is 3. The Labute approximate surface area is 107 Å². The van der Waals surface area contributed by atoms with Crippen molar-refractivity contribution in [1.82, 2.24) is 19.9 Å². The van der Waals surface area contributed by atoms with Crippen LogP contribution in [0, 0.1) is 6.92 Å². The molecule has 0 bridgehead atoms. The second-order valence-corrected chi connectivity index (χ2v) is 4.90. The third kappa shape index (κ3) is 2.16. The molecular weight excluding hydrogens is 224 g/mol. The summed E-state index contributed by atoms with van der Waals surface area (Å²) in [5, 5.41) is 3.52. The molecule has 1 aliphatic heterocycles. The number of hydrogen-bond acceptors (Lipinski definition) is 3. The van der Waals surface area contributed by atoms with E-state index >= 15 is 0 Å². The fraction of sp³-hybridized carbons (Fsp3) is 0.429. The molecule has 2 aromatic rings.